The molecule has 0 unspecified atom stereocenters. The zero-order valence-corrected chi connectivity index (χ0v) is 23.2. The SMILES string of the molecule is C=CCn1c(SCC(=O)Nc2nc(-c3ccccc3)cs2)nnc1[C@@H](NC(=O)c1ccc(C)cc1)C(C)C. The van der Waals surface area contributed by atoms with E-state index in [-0.39, 0.29) is 29.5 Å². The van der Waals surface area contributed by atoms with E-state index in [2.05, 4.69) is 32.4 Å². The van der Waals surface area contributed by atoms with Crippen LogP contribution in [-0.2, 0) is 11.3 Å². The maximum Gasteiger partial charge on any atom is 0.251 e. The molecule has 0 radical (unpaired) electrons. The highest BCUT2D eigenvalue weighted by Gasteiger charge is 2.26. The van der Waals surface area contributed by atoms with Crippen molar-refractivity contribution in [2.75, 3.05) is 11.1 Å². The van der Waals surface area contributed by atoms with Crippen LogP contribution in [0.25, 0.3) is 11.3 Å². The Kier molecular flexibility index (Phi) is 9.09. The number of carbonyl (C=O) groups excluding carboxylic acids is 2. The summed E-state index contributed by atoms with van der Waals surface area (Å²) < 4.78 is 1.89. The van der Waals surface area contributed by atoms with Gasteiger partial charge in [-0.05, 0) is 25.0 Å². The van der Waals surface area contributed by atoms with Crippen LogP contribution in [0.4, 0.5) is 5.13 Å². The van der Waals surface area contributed by atoms with E-state index in [4.69, 9.17) is 0 Å². The predicted molar refractivity (Wildman–Crippen MR) is 153 cm³/mol. The number of nitrogens with zero attached hydrogens (tertiary/aromatic N) is 4. The second-order valence-corrected chi connectivity index (χ2v) is 10.8. The first kappa shape index (κ1) is 27.3. The lowest BCUT2D eigenvalue weighted by Gasteiger charge is -2.22. The van der Waals surface area contributed by atoms with Gasteiger partial charge in [-0.25, -0.2) is 4.98 Å². The van der Waals surface area contributed by atoms with Gasteiger partial charge in [-0.1, -0.05) is 79.7 Å². The molecule has 0 aliphatic heterocycles. The number of aromatic nitrogens is 4. The van der Waals surface area contributed by atoms with Gasteiger partial charge in [-0.2, -0.15) is 0 Å². The molecule has 0 spiro atoms. The van der Waals surface area contributed by atoms with E-state index in [0.29, 0.717) is 28.2 Å². The largest absolute Gasteiger partial charge is 0.342 e. The number of hydrogen-bond donors (Lipinski definition) is 2. The van der Waals surface area contributed by atoms with Crippen LogP contribution in [-0.4, -0.2) is 37.3 Å². The summed E-state index contributed by atoms with van der Waals surface area (Å²) in [6, 6.07) is 16.9. The minimum atomic E-state index is -0.369. The fraction of sp³-hybridized carbons (Fsp3) is 0.250. The molecule has 2 amide bonds. The molecule has 8 nitrogen and oxygen atoms in total. The maximum absolute atomic E-state index is 12.9. The molecule has 2 aromatic heterocycles. The van der Waals surface area contributed by atoms with Crippen LogP contribution < -0.4 is 10.6 Å². The molecular weight excluding hydrogens is 516 g/mol. The van der Waals surface area contributed by atoms with Crippen LogP contribution in [0.3, 0.4) is 0 Å². The summed E-state index contributed by atoms with van der Waals surface area (Å²) >= 11 is 2.66. The van der Waals surface area contributed by atoms with Gasteiger partial charge in [0.05, 0.1) is 17.5 Å². The Morgan fingerprint density at radius 2 is 1.84 bits per heavy atom. The van der Waals surface area contributed by atoms with Gasteiger partial charge < -0.3 is 15.2 Å². The first-order chi connectivity index (χ1) is 18.4. The normalized spacial score (nSPS) is 11.8. The van der Waals surface area contributed by atoms with Crippen molar-refractivity contribution in [3.8, 4) is 11.3 Å². The van der Waals surface area contributed by atoms with Crippen molar-refractivity contribution in [2.45, 2.75) is 38.5 Å². The number of thioether (sulfide) groups is 1. The summed E-state index contributed by atoms with van der Waals surface area (Å²) in [7, 11) is 0. The lowest BCUT2D eigenvalue weighted by Crippen LogP contribution is -2.33. The van der Waals surface area contributed by atoms with Gasteiger partial charge >= 0.3 is 0 Å². The number of hydrogen-bond acceptors (Lipinski definition) is 7. The van der Waals surface area contributed by atoms with Crippen molar-refractivity contribution in [3.05, 3.63) is 89.6 Å². The molecule has 38 heavy (non-hydrogen) atoms. The Labute approximate surface area is 230 Å². The summed E-state index contributed by atoms with van der Waals surface area (Å²) in [5.41, 5.74) is 3.49. The smallest absolute Gasteiger partial charge is 0.251 e. The topological polar surface area (TPSA) is 102 Å². The second kappa shape index (κ2) is 12.7. The van der Waals surface area contributed by atoms with E-state index in [0.717, 1.165) is 16.8 Å². The third-order valence-electron chi connectivity index (χ3n) is 5.75. The van der Waals surface area contributed by atoms with E-state index in [1.165, 1.54) is 23.1 Å². The Bertz CT molecular complexity index is 1400. The average Bonchev–Trinajstić information content (AvgIpc) is 3.54. The lowest BCUT2D eigenvalue weighted by molar-refractivity contribution is -0.113. The highest BCUT2D eigenvalue weighted by molar-refractivity contribution is 7.99. The highest BCUT2D eigenvalue weighted by atomic mass is 32.2. The molecule has 1 atom stereocenters. The zero-order valence-electron chi connectivity index (χ0n) is 21.5. The molecule has 2 heterocycles. The number of allylic oxidation sites excluding steroid dienone is 1. The second-order valence-electron chi connectivity index (χ2n) is 9.04. The van der Waals surface area contributed by atoms with E-state index in [1.807, 2.05) is 85.3 Å². The van der Waals surface area contributed by atoms with Crippen LogP contribution in [0.1, 0.15) is 41.6 Å². The molecule has 2 N–H and O–H groups in total. The lowest BCUT2D eigenvalue weighted by atomic mass is 10.0. The summed E-state index contributed by atoms with van der Waals surface area (Å²) in [4.78, 5) is 30.1. The molecule has 0 aliphatic rings. The molecule has 0 aliphatic carbocycles. The number of benzene rings is 2. The van der Waals surface area contributed by atoms with Crippen molar-refractivity contribution in [3.63, 3.8) is 0 Å². The number of nitrogens with one attached hydrogen (secondary N) is 2. The van der Waals surface area contributed by atoms with Gasteiger partial charge in [0.1, 0.15) is 0 Å². The van der Waals surface area contributed by atoms with E-state index >= 15 is 0 Å². The molecule has 2 aromatic carbocycles. The van der Waals surface area contributed by atoms with Gasteiger partial charge in [0.25, 0.3) is 5.91 Å². The number of thiazole rings is 1. The first-order valence-corrected chi connectivity index (χ1v) is 14.1. The molecular formula is C28H30N6O2S2. The zero-order chi connectivity index (χ0) is 27.1. The molecule has 4 aromatic rings. The summed E-state index contributed by atoms with van der Waals surface area (Å²) in [5, 5.41) is 17.7. The maximum atomic E-state index is 12.9. The van der Waals surface area contributed by atoms with Crippen molar-refractivity contribution < 1.29 is 9.59 Å². The van der Waals surface area contributed by atoms with Crippen molar-refractivity contribution >= 4 is 40.0 Å². The fourth-order valence-corrected chi connectivity index (χ4v) is 5.25. The van der Waals surface area contributed by atoms with Gasteiger partial charge in [-0.15, -0.1) is 28.1 Å². The van der Waals surface area contributed by atoms with Gasteiger partial charge in [-0.3, -0.25) is 9.59 Å². The minimum absolute atomic E-state index is 0.0574. The van der Waals surface area contributed by atoms with Gasteiger partial charge in [0.2, 0.25) is 5.91 Å². The van der Waals surface area contributed by atoms with Crippen LogP contribution in [0, 0.1) is 12.8 Å². The number of anilines is 1. The first-order valence-electron chi connectivity index (χ1n) is 12.2. The molecule has 10 heteroatoms. The van der Waals surface area contributed by atoms with Crippen LogP contribution in [0.5, 0.6) is 0 Å². The average molecular weight is 547 g/mol. The van der Waals surface area contributed by atoms with Gasteiger partial charge in [0, 0.05) is 23.1 Å². The molecule has 0 saturated heterocycles. The van der Waals surface area contributed by atoms with E-state index in [9.17, 15) is 9.59 Å². The van der Waals surface area contributed by atoms with Crippen molar-refractivity contribution in [2.24, 2.45) is 5.92 Å². The Hall–Kier alpha value is -3.76. The number of amides is 2. The Morgan fingerprint density at radius 3 is 2.53 bits per heavy atom. The third kappa shape index (κ3) is 6.76. The fourth-order valence-electron chi connectivity index (χ4n) is 3.75. The van der Waals surface area contributed by atoms with Crippen molar-refractivity contribution in [1.82, 2.24) is 25.1 Å². The number of carbonyl (C=O) groups is 2. The van der Waals surface area contributed by atoms with Gasteiger partial charge in [0.15, 0.2) is 16.1 Å². The molecule has 0 saturated carbocycles. The van der Waals surface area contributed by atoms with E-state index < -0.39 is 0 Å². The van der Waals surface area contributed by atoms with Crippen LogP contribution in [0.2, 0.25) is 0 Å². The van der Waals surface area contributed by atoms with Crippen LogP contribution >= 0.6 is 23.1 Å². The number of aryl methyl sites for hydroxylation is 1. The molecule has 4 rings (SSSR count). The third-order valence-corrected chi connectivity index (χ3v) is 7.48. The van der Waals surface area contributed by atoms with E-state index in [1.54, 1.807) is 6.08 Å². The predicted octanol–water partition coefficient (Wildman–Crippen LogP) is 5.75. The van der Waals surface area contributed by atoms with Crippen LogP contribution in [0.15, 0.2) is 77.8 Å². The molecule has 0 fully saturated rings. The standard InChI is InChI=1S/C28H30N6O2S2/c1-5-15-34-25(24(18(2)3)31-26(36)21-13-11-19(4)12-14-21)32-33-28(34)38-17-23(35)30-27-29-22(16-37-27)20-9-7-6-8-10-20/h5-14,16,18,24H,1,15,17H2,2-4H3,(H,31,36)(H,29,30,35)/t24-/m0/s1. The number of rotatable bonds is 11. The Morgan fingerprint density at radius 1 is 1.11 bits per heavy atom. The monoisotopic (exact) mass is 546 g/mol. The molecule has 0 bridgehead atoms. The Balaban J connectivity index is 1.43. The van der Waals surface area contributed by atoms with Crippen molar-refractivity contribution in [1.29, 1.82) is 0 Å². The molecule has 196 valence electrons. The quantitative estimate of drug-likeness (QED) is 0.183. The highest BCUT2D eigenvalue weighted by Crippen LogP contribution is 2.27. The summed E-state index contributed by atoms with van der Waals surface area (Å²) in [6.07, 6.45) is 1.75. The minimum Gasteiger partial charge on any atom is -0.342 e. The summed E-state index contributed by atoms with van der Waals surface area (Å²) in [6.45, 7) is 10.3. The summed E-state index contributed by atoms with van der Waals surface area (Å²) in [5.74, 6) is 0.450.